The Morgan fingerprint density at radius 3 is 0.562 bits per heavy atom. The van der Waals surface area contributed by atoms with Gasteiger partial charge >= 0.3 is 24.1 Å². The van der Waals surface area contributed by atoms with E-state index in [4.69, 9.17) is 18.9 Å². The highest BCUT2D eigenvalue weighted by Gasteiger charge is 2.25. The van der Waals surface area contributed by atoms with E-state index in [9.17, 15) is 19.2 Å². The van der Waals surface area contributed by atoms with Crippen LogP contribution in [0.4, 0.5) is 64.7 Å². The third kappa shape index (κ3) is 13.6. The molecular formula is C64H64N8O8. The summed E-state index contributed by atoms with van der Waals surface area (Å²) in [4.78, 5) is 55.4. The summed E-state index contributed by atoms with van der Waals surface area (Å²) in [6, 6.07) is 43.0. The highest BCUT2D eigenvalue weighted by atomic mass is 16.5. The Labute approximate surface area is 465 Å². The van der Waals surface area contributed by atoms with Crippen LogP contribution in [0.2, 0.25) is 0 Å². The van der Waals surface area contributed by atoms with Crippen molar-refractivity contribution >= 4 is 69.6 Å². The number of hydrogen-bond donors (Lipinski definition) is 8. The molecule has 0 fully saturated rings. The second kappa shape index (κ2) is 24.6. The van der Waals surface area contributed by atoms with Crippen molar-refractivity contribution in [3.05, 3.63) is 212 Å². The van der Waals surface area contributed by atoms with E-state index in [-0.39, 0.29) is 25.7 Å². The van der Waals surface area contributed by atoms with Gasteiger partial charge in [-0.15, -0.1) is 0 Å². The number of benzene rings is 8. The Morgan fingerprint density at radius 1 is 0.263 bits per heavy atom. The van der Waals surface area contributed by atoms with Crippen molar-refractivity contribution in [2.45, 2.75) is 53.4 Å². The maximum atomic E-state index is 13.8. The van der Waals surface area contributed by atoms with Gasteiger partial charge in [0.25, 0.3) is 0 Å². The highest BCUT2D eigenvalue weighted by molar-refractivity contribution is 6.02. The molecule has 0 saturated heterocycles. The largest absolute Gasteiger partial charge is 0.496 e. The Bertz CT molecular complexity index is 3030. The molecule has 8 bridgehead atoms. The van der Waals surface area contributed by atoms with E-state index < -0.39 is 24.1 Å². The molecule has 16 nitrogen and oxygen atoms in total. The van der Waals surface area contributed by atoms with E-state index in [0.29, 0.717) is 113 Å². The number of carbonyl (C=O) groups is 4. The number of amides is 8. The van der Waals surface area contributed by atoms with Crippen molar-refractivity contribution in [1.82, 2.24) is 0 Å². The number of rotatable bonds is 12. The third-order valence-corrected chi connectivity index (χ3v) is 13.6. The van der Waals surface area contributed by atoms with Gasteiger partial charge in [-0.1, -0.05) is 70.8 Å². The molecule has 16 heteroatoms. The molecule has 8 aromatic carbocycles. The third-order valence-electron chi connectivity index (χ3n) is 13.6. The molecule has 0 heterocycles. The number of carbonyl (C=O) groups excluding carboxylic acids is 4. The second-order valence-electron chi connectivity index (χ2n) is 19.8. The van der Waals surface area contributed by atoms with Crippen molar-refractivity contribution in [2.24, 2.45) is 0 Å². The first-order chi connectivity index (χ1) is 38.6. The monoisotopic (exact) mass is 1070 g/mol. The average Bonchev–Trinajstić information content (AvgIpc) is 3.44. The zero-order valence-electron chi connectivity index (χ0n) is 46.0. The van der Waals surface area contributed by atoms with Crippen molar-refractivity contribution in [3.8, 4) is 23.0 Å². The minimum Gasteiger partial charge on any atom is -0.496 e. The Morgan fingerprint density at radius 2 is 0.412 bits per heavy atom. The molecule has 8 aromatic rings. The van der Waals surface area contributed by atoms with E-state index in [2.05, 4.69) is 42.5 Å². The van der Waals surface area contributed by atoms with Gasteiger partial charge in [0.2, 0.25) is 0 Å². The van der Waals surface area contributed by atoms with E-state index >= 15 is 0 Å². The van der Waals surface area contributed by atoms with Crippen molar-refractivity contribution < 1.29 is 38.1 Å². The summed E-state index contributed by atoms with van der Waals surface area (Å²) in [5.74, 6) is 2.08. The fourth-order valence-corrected chi connectivity index (χ4v) is 9.95. The summed E-state index contributed by atoms with van der Waals surface area (Å²) in [6.45, 7) is 7.90. The number of urea groups is 4. The van der Waals surface area contributed by atoms with Gasteiger partial charge in [-0.25, -0.2) is 19.2 Å². The van der Waals surface area contributed by atoms with Crippen LogP contribution in [0.5, 0.6) is 23.0 Å². The first kappa shape index (κ1) is 54.8. The number of methoxy groups -OCH3 is 4. The maximum Gasteiger partial charge on any atom is 0.323 e. The summed E-state index contributed by atoms with van der Waals surface area (Å²) in [5.41, 5.74) is 13.9. The van der Waals surface area contributed by atoms with Crippen molar-refractivity contribution in [2.75, 3.05) is 71.0 Å². The van der Waals surface area contributed by atoms with E-state index in [1.165, 1.54) is 0 Å². The predicted octanol–water partition coefficient (Wildman–Crippen LogP) is 14.2. The summed E-state index contributed by atoms with van der Waals surface area (Å²) < 4.78 is 25.4. The molecule has 408 valence electrons. The van der Waals surface area contributed by atoms with Crippen LogP contribution in [0.25, 0.3) is 0 Å². The molecule has 0 atom stereocenters. The summed E-state index contributed by atoms with van der Waals surface area (Å²) in [7, 11) is 6.37. The van der Waals surface area contributed by atoms with Crippen molar-refractivity contribution in [3.63, 3.8) is 0 Å². The molecule has 1 aliphatic rings. The van der Waals surface area contributed by atoms with Gasteiger partial charge in [0.1, 0.15) is 23.0 Å². The molecule has 8 amide bonds. The molecule has 80 heavy (non-hydrogen) atoms. The fourth-order valence-electron chi connectivity index (χ4n) is 9.95. The Balaban J connectivity index is 1.22. The number of ether oxygens (including phenoxy) is 4. The molecule has 0 spiro atoms. The fraction of sp³-hybridized carbons (Fsp3) is 0.188. The summed E-state index contributed by atoms with van der Waals surface area (Å²) >= 11 is 0. The predicted molar refractivity (Wildman–Crippen MR) is 318 cm³/mol. The lowest BCUT2D eigenvalue weighted by atomic mass is 9.90. The lowest BCUT2D eigenvalue weighted by molar-refractivity contribution is 0.261. The van der Waals surface area contributed by atoms with Crippen LogP contribution in [-0.4, -0.2) is 52.6 Å². The molecule has 9 rings (SSSR count). The van der Waals surface area contributed by atoms with Crippen LogP contribution in [0.1, 0.15) is 66.8 Å². The van der Waals surface area contributed by atoms with Crippen LogP contribution in [0.3, 0.4) is 0 Å². The number of fused-ring (bicyclic) bond motifs is 8. The molecule has 0 unspecified atom stereocenters. The lowest BCUT2D eigenvalue weighted by Gasteiger charge is -2.23. The molecule has 0 radical (unpaired) electrons. The van der Waals surface area contributed by atoms with Gasteiger partial charge in [0, 0.05) is 116 Å². The smallest absolute Gasteiger partial charge is 0.323 e. The van der Waals surface area contributed by atoms with Gasteiger partial charge < -0.3 is 61.5 Å². The SMILES string of the molecule is COc1c2cc(NC(=O)Nc3ccc(C)cc3)cc1Cc1cc(NC(=O)Nc3ccc(C)cc3)cc(c1OC)Cc1cc(NC(=O)Nc3ccc(C)cc3)cc(c1OC)Cc1cc(NC(=O)Nc3ccc(C)cc3)cc(c1OC)C2. The molecule has 1 aliphatic carbocycles. The number of anilines is 8. The van der Waals surface area contributed by atoms with Crippen LogP contribution in [0, 0.1) is 27.7 Å². The van der Waals surface area contributed by atoms with Crippen LogP contribution in [-0.2, 0) is 25.7 Å². The van der Waals surface area contributed by atoms with E-state index in [0.717, 1.165) is 22.3 Å². The summed E-state index contributed by atoms with van der Waals surface area (Å²) in [6.07, 6.45) is 0.734. The van der Waals surface area contributed by atoms with Gasteiger partial charge in [-0.3, -0.25) is 0 Å². The molecule has 0 aromatic heterocycles. The first-order valence-corrected chi connectivity index (χ1v) is 26.0. The standard InChI is InChI=1S/C64H64N8O8/c1-37-9-17-49(18-10-37)65-61(73)69-53-29-41-25-43-31-54(70-62(74)66-50-19-11-38(2)12-20-50)33-45(58(43)78-6)27-47-35-56(72-64(76)68-52-23-15-40(4)16-24-52)36-48(60(47)80-8)28-46-34-55(71-63(75)67-51-21-13-39(3)14-22-51)32-44(59(46)79-7)26-42(30-53)57(41)77-5/h9-24,29-36H,25-28H2,1-8H3,(H2,65,69,73)(H2,66,70,74)(H2,67,71,75)(H2,68,72,76). The van der Waals surface area contributed by atoms with Crippen LogP contribution < -0.4 is 61.5 Å². The van der Waals surface area contributed by atoms with E-state index in [1.54, 1.807) is 28.4 Å². The van der Waals surface area contributed by atoms with Crippen LogP contribution in [0.15, 0.2) is 146 Å². The minimum atomic E-state index is -0.467. The van der Waals surface area contributed by atoms with Gasteiger partial charge in [0.05, 0.1) is 28.4 Å². The number of hydrogen-bond acceptors (Lipinski definition) is 8. The van der Waals surface area contributed by atoms with Gasteiger partial charge in [-0.05, 0) is 125 Å². The molecule has 0 aliphatic heterocycles. The van der Waals surface area contributed by atoms with Crippen LogP contribution >= 0.6 is 0 Å². The topological polar surface area (TPSA) is 201 Å². The average molecular weight is 1070 g/mol. The molecule has 0 saturated carbocycles. The Hall–Kier alpha value is -9.96. The minimum absolute atomic E-state index is 0.183. The van der Waals surface area contributed by atoms with Gasteiger partial charge in [-0.2, -0.15) is 0 Å². The lowest BCUT2D eigenvalue weighted by Crippen LogP contribution is -2.20. The number of aryl methyl sites for hydroxylation is 4. The van der Waals surface area contributed by atoms with Gasteiger partial charge in [0.15, 0.2) is 0 Å². The quantitative estimate of drug-likeness (QED) is 0.0590. The normalized spacial score (nSPS) is 11.5. The maximum absolute atomic E-state index is 13.8. The zero-order valence-corrected chi connectivity index (χ0v) is 46.0. The zero-order chi connectivity index (χ0) is 56.5. The van der Waals surface area contributed by atoms with Crippen molar-refractivity contribution in [1.29, 1.82) is 0 Å². The Kier molecular flexibility index (Phi) is 16.8. The first-order valence-electron chi connectivity index (χ1n) is 26.0. The molecule has 8 N–H and O–H groups in total. The van der Waals surface area contributed by atoms with E-state index in [1.807, 2.05) is 173 Å². The number of nitrogens with one attached hydrogen (secondary N) is 8. The second-order valence-corrected chi connectivity index (χ2v) is 19.8. The highest BCUT2D eigenvalue weighted by Crippen LogP contribution is 2.42. The molecular weight excluding hydrogens is 1010 g/mol. The summed E-state index contributed by atoms with van der Waals surface area (Å²) in [5, 5.41) is 24.0.